The third kappa shape index (κ3) is 25.6. The van der Waals surface area contributed by atoms with E-state index in [-0.39, 0.29) is 102 Å². The summed E-state index contributed by atoms with van der Waals surface area (Å²) in [6.07, 6.45) is -0.511. The van der Waals surface area contributed by atoms with Crippen molar-refractivity contribution >= 4 is 47.2 Å². The minimum absolute atomic E-state index is 0.0206. The molecule has 2 aromatic heterocycles. The summed E-state index contributed by atoms with van der Waals surface area (Å²) in [5.41, 5.74) is 23.3. The number of nitrogens with zero attached hydrogens (tertiary/aromatic N) is 8. The van der Waals surface area contributed by atoms with E-state index >= 15 is 0 Å². The van der Waals surface area contributed by atoms with Crippen LogP contribution in [0.2, 0.25) is 0 Å². The number of hydrogen-bond donors (Lipinski definition) is 13. The Balaban J connectivity index is 1.37. The van der Waals surface area contributed by atoms with Crippen molar-refractivity contribution in [3.8, 4) is 12.3 Å². The number of amides is 3. The number of ketones is 2. The van der Waals surface area contributed by atoms with Gasteiger partial charge in [-0.2, -0.15) is 0 Å². The first-order chi connectivity index (χ1) is 42.0. The Kier molecular flexibility index (Phi) is 31.9. The normalized spacial score (nSPS) is 19.5. The van der Waals surface area contributed by atoms with Gasteiger partial charge in [-0.15, -0.1) is 16.6 Å². The molecule has 36 heteroatoms. The summed E-state index contributed by atoms with van der Waals surface area (Å²) in [5.74, 6) is -6.65. The molecule has 0 saturated carbocycles. The molecule has 4 rings (SSSR count). The van der Waals surface area contributed by atoms with E-state index in [4.69, 9.17) is 67.3 Å². The molecule has 0 fully saturated rings. The standard InChI is InChI=1S/C52H81N15O21/c1-4-10-81-12-14-83-16-17-84-15-13-82-11-5-44(76)65(22-32-24-66(63-61-32)8-6-57-42(74)28-85-47(38(72)26-68)45-34(18-30(2)70)36(59-51(53)54)20-40(87-45)49(77)78)23-33-25-67(64-62-33)9-7-58-43(75)29-86-48(39(73)27-69)46-35(19-31(3)71)37(60-52(55)56)21-41(88-46)50(79)80/h1,20-21,24-25,34-39,45-48,51,59,68-69,72-73H,5-19,22-23,26-29,53-54H2,2-3H3,(H,57,74)(H,58,75)(H,77,78)(H,79,80)(H4,55,56,60)/t34-,35-,36+,37+,38-,39-,45-,46-,47-,48-/m1/s1. The second-order valence-corrected chi connectivity index (χ2v) is 20.0. The maximum Gasteiger partial charge on any atom is 0.370 e. The van der Waals surface area contributed by atoms with Crippen LogP contribution in [0.5, 0.6) is 0 Å². The summed E-state index contributed by atoms with van der Waals surface area (Å²) in [7, 11) is 0. The monoisotopic (exact) mass is 1250 g/mol. The van der Waals surface area contributed by atoms with Crippen LogP contribution < -0.4 is 38.9 Å². The molecule has 0 bridgehead atoms. The van der Waals surface area contributed by atoms with E-state index in [0.29, 0.717) is 37.8 Å². The molecule has 4 heterocycles. The van der Waals surface area contributed by atoms with Crippen LogP contribution in [0.3, 0.4) is 0 Å². The summed E-state index contributed by atoms with van der Waals surface area (Å²) < 4.78 is 47.3. The Morgan fingerprint density at radius 2 is 1.17 bits per heavy atom. The molecule has 490 valence electrons. The average molecular weight is 1250 g/mol. The number of nitrogens with two attached hydrogens (primary N) is 4. The molecule has 3 amide bonds. The van der Waals surface area contributed by atoms with Crippen molar-refractivity contribution in [3.05, 3.63) is 47.5 Å². The number of aliphatic hydroxyl groups is 4. The van der Waals surface area contributed by atoms with Crippen molar-refractivity contribution in [2.24, 2.45) is 39.8 Å². The molecule has 2 aliphatic rings. The quantitative estimate of drug-likeness (QED) is 0.00964. The van der Waals surface area contributed by atoms with Gasteiger partial charge in [-0.25, -0.2) is 14.6 Å². The largest absolute Gasteiger partial charge is 0.480 e. The Hall–Kier alpha value is -7.64. The highest BCUT2D eigenvalue weighted by Crippen LogP contribution is 2.34. The van der Waals surface area contributed by atoms with E-state index in [1.807, 2.05) is 0 Å². The number of guanidine groups is 1. The van der Waals surface area contributed by atoms with Gasteiger partial charge in [-0.1, -0.05) is 16.3 Å². The third-order valence-corrected chi connectivity index (χ3v) is 13.0. The zero-order valence-electron chi connectivity index (χ0n) is 48.8. The Morgan fingerprint density at radius 1 is 0.716 bits per heavy atom. The molecule has 0 spiro atoms. The van der Waals surface area contributed by atoms with Gasteiger partial charge in [0.2, 0.25) is 29.2 Å². The van der Waals surface area contributed by atoms with Gasteiger partial charge in [0.1, 0.15) is 85.7 Å². The number of carboxylic acid groups (broad SMARTS) is 2. The predicted octanol–water partition coefficient (Wildman–Crippen LogP) is -7.08. The van der Waals surface area contributed by atoms with E-state index < -0.39 is 134 Å². The van der Waals surface area contributed by atoms with Gasteiger partial charge >= 0.3 is 11.9 Å². The van der Waals surface area contributed by atoms with Gasteiger partial charge in [-0.3, -0.25) is 29.1 Å². The Morgan fingerprint density at radius 3 is 1.61 bits per heavy atom. The van der Waals surface area contributed by atoms with E-state index in [9.17, 15) is 64.2 Å². The molecular weight excluding hydrogens is 1170 g/mol. The molecule has 17 N–H and O–H groups in total. The number of aromatic nitrogens is 6. The Labute approximate surface area is 505 Å². The van der Waals surface area contributed by atoms with Gasteiger partial charge in [0.25, 0.3) is 0 Å². The van der Waals surface area contributed by atoms with E-state index in [1.54, 1.807) is 0 Å². The van der Waals surface area contributed by atoms with Gasteiger partial charge in [0, 0.05) is 43.8 Å². The highest BCUT2D eigenvalue weighted by atomic mass is 16.6. The molecule has 36 nitrogen and oxygen atoms in total. The first-order valence-electron chi connectivity index (χ1n) is 27.8. The summed E-state index contributed by atoms with van der Waals surface area (Å²) in [6.45, 7) is 1.15. The number of carbonyl (C=O) groups excluding carboxylic acids is 5. The van der Waals surface area contributed by atoms with Gasteiger partial charge in [0.15, 0.2) is 5.96 Å². The molecule has 0 unspecified atom stereocenters. The minimum atomic E-state index is -1.72. The second kappa shape index (κ2) is 38.6. The molecular formula is C52H81N15O21. The van der Waals surface area contributed by atoms with Gasteiger partial charge in [-0.05, 0) is 26.0 Å². The van der Waals surface area contributed by atoms with Crippen molar-refractivity contribution in [3.63, 3.8) is 0 Å². The van der Waals surface area contributed by atoms with Crippen LogP contribution in [0.25, 0.3) is 0 Å². The van der Waals surface area contributed by atoms with Crippen molar-refractivity contribution in [1.82, 2.24) is 50.8 Å². The number of aliphatic hydroxyl groups excluding tert-OH is 4. The summed E-state index contributed by atoms with van der Waals surface area (Å²) in [6, 6.07) is -2.07. The first kappa shape index (κ1) is 72.8. The molecule has 88 heavy (non-hydrogen) atoms. The van der Waals surface area contributed by atoms with Crippen molar-refractivity contribution < 1.29 is 102 Å². The number of hydrogen-bond acceptors (Lipinski definition) is 27. The van der Waals surface area contributed by atoms with Crippen LogP contribution in [0.4, 0.5) is 0 Å². The van der Waals surface area contributed by atoms with Crippen LogP contribution in [0, 0.1) is 24.2 Å². The molecule has 0 saturated heterocycles. The van der Waals surface area contributed by atoms with Crippen molar-refractivity contribution in [2.45, 2.75) is 114 Å². The van der Waals surface area contributed by atoms with Gasteiger partial charge < -0.3 is 117 Å². The maximum atomic E-state index is 13.8. The van der Waals surface area contributed by atoms with Gasteiger partial charge in [0.05, 0.1) is 110 Å². The number of nitrogens with one attached hydrogen (secondary N) is 3. The smallest absolute Gasteiger partial charge is 0.370 e. The molecule has 0 aromatic carbocycles. The fraction of sp³-hybridized carbons (Fsp3) is 0.654. The fourth-order valence-electron chi connectivity index (χ4n) is 9.11. The van der Waals surface area contributed by atoms with Crippen LogP contribution in [0.15, 0.2) is 41.1 Å². The number of ether oxygens (including phenoxy) is 8. The SMILES string of the molecule is C#CCOCCOCCOCCOCCC(=O)N(Cc1cn(CCNC(=O)CO[C@@H]([C@@H]2OC(C(=O)O)=C[C@H](N=C(N)N)[C@H]2CC(C)=O)[C@H](O)CO)nn1)Cc1cn(CCNC(=O)CO[C@@H]([C@@H]2OC(C(=O)O)=C[C@H](NC(N)N)[C@H]2CC(C)=O)[C@H](O)CO)nn1. The number of Topliss-reactive ketones (excluding diaryl/α,β-unsaturated/α-hetero) is 2. The highest BCUT2D eigenvalue weighted by Gasteiger charge is 2.47. The van der Waals surface area contributed by atoms with E-state index in [0.717, 1.165) is 6.08 Å². The molecule has 10 atom stereocenters. The van der Waals surface area contributed by atoms with E-state index in [2.05, 4.69) is 47.5 Å². The topological polar surface area (TPSA) is 532 Å². The molecule has 0 radical (unpaired) electrons. The predicted molar refractivity (Wildman–Crippen MR) is 300 cm³/mol. The minimum Gasteiger partial charge on any atom is -0.480 e. The zero-order chi connectivity index (χ0) is 64.7. The first-order valence-corrected chi connectivity index (χ1v) is 27.8. The highest BCUT2D eigenvalue weighted by molar-refractivity contribution is 5.86. The summed E-state index contributed by atoms with van der Waals surface area (Å²) in [4.78, 5) is 94.1. The Bertz CT molecular complexity index is 2700. The number of carboxylic acids is 2. The fourth-order valence-corrected chi connectivity index (χ4v) is 9.11. The number of carbonyl (C=O) groups is 7. The molecule has 2 aliphatic heterocycles. The lowest BCUT2D eigenvalue weighted by Gasteiger charge is -2.41. The number of aliphatic carboxylic acids is 2. The van der Waals surface area contributed by atoms with Crippen LogP contribution in [-0.2, 0) is 97.6 Å². The molecule has 0 aliphatic carbocycles. The van der Waals surface area contributed by atoms with Crippen LogP contribution in [0.1, 0.15) is 44.5 Å². The maximum absolute atomic E-state index is 13.8. The van der Waals surface area contributed by atoms with Crippen LogP contribution in [-0.4, -0.2) is 260 Å². The third-order valence-electron chi connectivity index (χ3n) is 13.0. The lowest BCUT2D eigenvalue weighted by Crippen LogP contribution is -2.59. The number of terminal acetylenes is 1. The van der Waals surface area contributed by atoms with E-state index in [1.165, 1.54) is 46.6 Å². The molecule has 2 aromatic rings. The van der Waals surface area contributed by atoms with Crippen molar-refractivity contribution in [1.29, 1.82) is 0 Å². The number of aliphatic imine (C=N–C) groups is 1. The lowest BCUT2D eigenvalue weighted by atomic mass is 9.82. The summed E-state index contributed by atoms with van der Waals surface area (Å²) >= 11 is 0. The second-order valence-electron chi connectivity index (χ2n) is 20.0. The van der Waals surface area contributed by atoms with Crippen molar-refractivity contribution in [2.75, 3.05) is 92.4 Å². The average Bonchev–Trinajstić information content (AvgIpc) is 1.41. The lowest BCUT2D eigenvalue weighted by molar-refractivity contribution is -0.163. The zero-order valence-corrected chi connectivity index (χ0v) is 48.8. The summed E-state index contributed by atoms with van der Waals surface area (Å²) in [5, 5.41) is 85.6. The number of rotatable bonds is 44. The van der Waals surface area contributed by atoms with Crippen LogP contribution >= 0.6 is 0 Å².